The molecule has 1 heterocycles. The summed E-state index contributed by atoms with van der Waals surface area (Å²) in [7, 11) is 0. The Bertz CT molecular complexity index is 696. The number of aromatic nitrogens is 3. The van der Waals surface area contributed by atoms with Crippen LogP contribution in [0, 0.1) is 0 Å². The van der Waals surface area contributed by atoms with Crippen LogP contribution < -0.4 is 0 Å². The Morgan fingerprint density at radius 1 is 1.36 bits per heavy atom. The lowest BCUT2D eigenvalue weighted by molar-refractivity contribution is -0.116. The predicted octanol–water partition coefficient (Wildman–Crippen LogP) is 4.11. The lowest BCUT2D eigenvalue weighted by Crippen LogP contribution is -2.10. The highest BCUT2D eigenvalue weighted by atomic mass is 79.9. The van der Waals surface area contributed by atoms with E-state index in [1.165, 1.54) is 11.8 Å². The summed E-state index contributed by atoms with van der Waals surface area (Å²) in [5.41, 5.74) is 1.00. The van der Waals surface area contributed by atoms with Crippen molar-refractivity contribution >= 4 is 33.5 Å². The normalized spacial score (nSPS) is 17.9. The highest BCUT2D eigenvalue weighted by Crippen LogP contribution is 2.33. The second kappa shape index (κ2) is 6.79. The van der Waals surface area contributed by atoms with Crippen LogP contribution in [0.4, 0.5) is 0 Å². The Kier molecular flexibility index (Phi) is 4.78. The van der Waals surface area contributed by atoms with Crippen molar-refractivity contribution < 1.29 is 4.79 Å². The van der Waals surface area contributed by atoms with Crippen LogP contribution in [0.3, 0.4) is 0 Å². The van der Waals surface area contributed by atoms with Crippen molar-refractivity contribution in [2.24, 2.45) is 0 Å². The molecule has 1 fully saturated rings. The molecule has 1 saturated carbocycles. The quantitative estimate of drug-likeness (QED) is 0.735. The van der Waals surface area contributed by atoms with Crippen LogP contribution in [0.2, 0.25) is 0 Å². The van der Waals surface area contributed by atoms with Gasteiger partial charge in [-0.25, -0.2) is 0 Å². The number of carbonyl (C=O) groups excluding carboxylic acids is 1. The molecule has 2 aromatic rings. The highest BCUT2D eigenvalue weighted by molar-refractivity contribution is 9.10. The number of carbonyl (C=O) groups is 1. The van der Waals surface area contributed by atoms with Gasteiger partial charge in [-0.05, 0) is 25.0 Å². The molecule has 0 N–H and O–H groups in total. The molecule has 1 aliphatic carbocycles. The molecule has 1 aliphatic rings. The average molecular weight is 378 g/mol. The minimum atomic E-state index is 0.0190. The van der Waals surface area contributed by atoms with Crippen LogP contribution in [0.5, 0.6) is 0 Å². The van der Waals surface area contributed by atoms with Gasteiger partial charge in [0.2, 0.25) is 0 Å². The first-order valence-electron chi connectivity index (χ1n) is 7.18. The van der Waals surface area contributed by atoms with Crippen molar-refractivity contribution in [2.75, 3.05) is 0 Å². The zero-order valence-corrected chi connectivity index (χ0v) is 14.4. The number of Topliss-reactive ketones (excluding diaryl/α,β-unsaturated/α-hetero) is 1. The van der Waals surface area contributed by atoms with Crippen molar-refractivity contribution in [3.05, 3.63) is 41.4 Å². The molecule has 0 bridgehead atoms. The van der Waals surface area contributed by atoms with Crippen LogP contribution in [0.25, 0.3) is 11.4 Å². The molecule has 0 amide bonds. The summed E-state index contributed by atoms with van der Waals surface area (Å²) >= 11 is 4.96. The summed E-state index contributed by atoms with van der Waals surface area (Å²) in [6.07, 6.45) is 4.42. The summed E-state index contributed by atoms with van der Waals surface area (Å²) in [5.74, 6) is 1.13. The number of benzene rings is 1. The van der Waals surface area contributed by atoms with E-state index in [2.05, 4.69) is 32.7 Å². The van der Waals surface area contributed by atoms with Crippen molar-refractivity contribution in [1.82, 2.24) is 14.8 Å². The summed E-state index contributed by atoms with van der Waals surface area (Å²) < 4.78 is 3.05. The van der Waals surface area contributed by atoms with E-state index in [-0.39, 0.29) is 5.25 Å². The number of allylic oxidation sites excluding steroid dienone is 1. The van der Waals surface area contributed by atoms with Crippen LogP contribution >= 0.6 is 27.7 Å². The molecule has 3 rings (SSSR count). The summed E-state index contributed by atoms with van der Waals surface area (Å²) in [6, 6.07) is 7.97. The van der Waals surface area contributed by atoms with Gasteiger partial charge in [0.15, 0.2) is 11.0 Å². The summed E-state index contributed by atoms with van der Waals surface area (Å²) in [6.45, 7) is 4.44. The smallest absolute Gasteiger partial charge is 0.192 e. The fraction of sp³-hybridized carbons (Fsp3) is 0.312. The molecule has 0 aliphatic heterocycles. The summed E-state index contributed by atoms with van der Waals surface area (Å²) in [5, 5.41) is 9.42. The standard InChI is InChI=1S/C16H16BrN3OS/c1-2-10-20-15(11-6-8-12(17)9-7-11)18-19-16(20)22-14-5-3-4-13(14)21/h2,6-9,14H,1,3-5,10H2/t14-/m1/s1. The molecule has 0 saturated heterocycles. The van der Waals surface area contributed by atoms with Gasteiger partial charge < -0.3 is 0 Å². The third-order valence-electron chi connectivity index (χ3n) is 3.63. The van der Waals surface area contributed by atoms with Gasteiger partial charge in [-0.3, -0.25) is 9.36 Å². The van der Waals surface area contributed by atoms with Gasteiger partial charge in [-0.15, -0.1) is 16.8 Å². The monoisotopic (exact) mass is 377 g/mol. The zero-order valence-electron chi connectivity index (χ0n) is 12.0. The maximum absolute atomic E-state index is 11.9. The van der Waals surface area contributed by atoms with Crippen LogP contribution in [0.1, 0.15) is 19.3 Å². The molecular formula is C16H16BrN3OS. The molecular weight excluding hydrogens is 362 g/mol. The van der Waals surface area contributed by atoms with Crippen LogP contribution in [0.15, 0.2) is 46.5 Å². The number of nitrogens with zero attached hydrogens (tertiary/aromatic N) is 3. The number of thioether (sulfide) groups is 1. The van der Waals surface area contributed by atoms with Crippen LogP contribution in [-0.2, 0) is 11.3 Å². The Labute approximate surface area is 142 Å². The first kappa shape index (κ1) is 15.5. The van der Waals surface area contributed by atoms with Gasteiger partial charge in [-0.2, -0.15) is 0 Å². The second-order valence-electron chi connectivity index (χ2n) is 5.18. The first-order valence-corrected chi connectivity index (χ1v) is 8.85. The minimum Gasteiger partial charge on any atom is -0.298 e. The minimum absolute atomic E-state index is 0.0190. The Balaban J connectivity index is 1.92. The fourth-order valence-corrected chi connectivity index (χ4v) is 3.95. The van der Waals surface area contributed by atoms with Gasteiger partial charge >= 0.3 is 0 Å². The van der Waals surface area contributed by atoms with Gasteiger partial charge in [-0.1, -0.05) is 45.9 Å². The molecule has 22 heavy (non-hydrogen) atoms. The lowest BCUT2D eigenvalue weighted by Gasteiger charge is -2.10. The third-order valence-corrected chi connectivity index (χ3v) is 5.45. The van der Waals surface area contributed by atoms with E-state index < -0.39 is 0 Å². The first-order chi connectivity index (χ1) is 10.7. The molecule has 1 atom stereocenters. The maximum atomic E-state index is 11.9. The van der Waals surface area contributed by atoms with Gasteiger partial charge in [0.1, 0.15) is 5.78 Å². The topological polar surface area (TPSA) is 47.8 Å². The number of hydrogen-bond donors (Lipinski definition) is 0. The molecule has 0 unspecified atom stereocenters. The van der Waals surface area contributed by atoms with E-state index in [9.17, 15) is 4.79 Å². The fourth-order valence-electron chi connectivity index (χ4n) is 2.52. The maximum Gasteiger partial charge on any atom is 0.192 e. The van der Waals surface area contributed by atoms with E-state index in [1.807, 2.05) is 34.9 Å². The van der Waals surface area contributed by atoms with Gasteiger partial charge in [0.05, 0.1) is 5.25 Å². The lowest BCUT2D eigenvalue weighted by atomic mass is 10.2. The largest absolute Gasteiger partial charge is 0.298 e. The predicted molar refractivity (Wildman–Crippen MR) is 91.9 cm³/mol. The van der Waals surface area contributed by atoms with E-state index >= 15 is 0 Å². The number of halogens is 1. The van der Waals surface area contributed by atoms with E-state index in [0.29, 0.717) is 18.7 Å². The van der Waals surface area contributed by atoms with E-state index in [0.717, 1.165) is 33.9 Å². The number of rotatable bonds is 5. The van der Waals surface area contributed by atoms with Crippen molar-refractivity contribution in [1.29, 1.82) is 0 Å². The molecule has 1 aromatic carbocycles. The Morgan fingerprint density at radius 3 is 2.77 bits per heavy atom. The molecule has 114 valence electrons. The number of ketones is 1. The van der Waals surface area contributed by atoms with Gasteiger partial charge in [0.25, 0.3) is 0 Å². The molecule has 6 heteroatoms. The van der Waals surface area contributed by atoms with E-state index in [1.54, 1.807) is 0 Å². The van der Waals surface area contributed by atoms with Crippen LogP contribution in [-0.4, -0.2) is 25.8 Å². The second-order valence-corrected chi connectivity index (χ2v) is 7.26. The van der Waals surface area contributed by atoms with Crippen molar-refractivity contribution in [3.63, 3.8) is 0 Å². The Morgan fingerprint density at radius 2 is 2.14 bits per heavy atom. The highest BCUT2D eigenvalue weighted by Gasteiger charge is 2.27. The molecule has 1 aromatic heterocycles. The zero-order chi connectivity index (χ0) is 15.5. The van der Waals surface area contributed by atoms with Crippen molar-refractivity contribution in [2.45, 2.75) is 36.2 Å². The molecule has 0 spiro atoms. The number of hydrogen-bond acceptors (Lipinski definition) is 4. The average Bonchev–Trinajstić information content (AvgIpc) is 3.09. The van der Waals surface area contributed by atoms with Gasteiger partial charge in [0, 0.05) is 23.0 Å². The SMILES string of the molecule is C=CCn1c(S[C@@H]2CCCC2=O)nnc1-c1ccc(Br)cc1. The summed E-state index contributed by atoms with van der Waals surface area (Å²) in [4.78, 5) is 11.9. The van der Waals surface area contributed by atoms with E-state index in [4.69, 9.17) is 0 Å². The molecule has 0 radical (unpaired) electrons. The Hall–Kier alpha value is -1.40. The van der Waals surface area contributed by atoms with Crippen molar-refractivity contribution in [3.8, 4) is 11.4 Å². The molecule has 4 nitrogen and oxygen atoms in total. The third kappa shape index (κ3) is 3.17.